The zero-order valence-corrected chi connectivity index (χ0v) is 13.2. The molecule has 2 rings (SSSR count). The maximum absolute atomic E-state index is 12.1. The molecule has 0 radical (unpaired) electrons. The van der Waals surface area contributed by atoms with E-state index in [0.717, 1.165) is 10.1 Å². The zero-order chi connectivity index (χ0) is 17.0. The summed E-state index contributed by atoms with van der Waals surface area (Å²) in [6.45, 7) is 2.14. The molecule has 0 fully saturated rings. The first kappa shape index (κ1) is 16.7. The lowest BCUT2D eigenvalue weighted by atomic mass is 10.2. The van der Waals surface area contributed by atoms with Gasteiger partial charge in [-0.2, -0.15) is 0 Å². The van der Waals surface area contributed by atoms with E-state index >= 15 is 0 Å². The minimum Gasteiger partial charge on any atom is -0.368 e. The summed E-state index contributed by atoms with van der Waals surface area (Å²) in [6, 6.07) is 8.84. The maximum atomic E-state index is 12.1. The monoisotopic (exact) mass is 316 g/mol. The van der Waals surface area contributed by atoms with Gasteiger partial charge >= 0.3 is 5.69 Å². The lowest BCUT2D eigenvalue weighted by Gasteiger charge is -2.17. The SMILES string of the molecule is Cc1cn(C[C@@H](NCc2ccccc2)C(N)=O)c(=O)n(C)c1=O. The second-order valence-electron chi connectivity index (χ2n) is 5.43. The number of primary amides is 1. The van der Waals surface area contributed by atoms with E-state index in [1.54, 1.807) is 6.92 Å². The molecule has 2 aromatic rings. The number of nitrogens with two attached hydrogens (primary N) is 1. The normalized spacial score (nSPS) is 12.1. The molecule has 23 heavy (non-hydrogen) atoms. The molecule has 0 bridgehead atoms. The Morgan fingerprint density at radius 3 is 2.52 bits per heavy atom. The molecular formula is C16H20N4O3. The summed E-state index contributed by atoms with van der Waals surface area (Å²) in [5.41, 5.74) is 6.02. The van der Waals surface area contributed by atoms with Crippen LogP contribution < -0.4 is 22.3 Å². The van der Waals surface area contributed by atoms with E-state index in [4.69, 9.17) is 5.73 Å². The van der Waals surface area contributed by atoms with Crippen molar-refractivity contribution >= 4 is 5.91 Å². The molecule has 0 saturated heterocycles. The topological polar surface area (TPSA) is 99.1 Å². The van der Waals surface area contributed by atoms with Crippen LogP contribution in [0.1, 0.15) is 11.1 Å². The molecule has 0 aliphatic heterocycles. The van der Waals surface area contributed by atoms with Crippen LogP contribution in [0.3, 0.4) is 0 Å². The molecule has 7 heteroatoms. The van der Waals surface area contributed by atoms with Gasteiger partial charge in [-0.25, -0.2) is 4.79 Å². The predicted octanol–water partition coefficient (Wildman–Crippen LogP) is -0.501. The second-order valence-corrected chi connectivity index (χ2v) is 5.43. The van der Waals surface area contributed by atoms with Crippen molar-refractivity contribution in [3.05, 3.63) is 68.5 Å². The van der Waals surface area contributed by atoms with E-state index in [2.05, 4.69) is 5.32 Å². The van der Waals surface area contributed by atoms with Gasteiger partial charge in [-0.3, -0.25) is 18.7 Å². The largest absolute Gasteiger partial charge is 0.368 e. The van der Waals surface area contributed by atoms with E-state index in [-0.39, 0.29) is 12.1 Å². The van der Waals surface area contributed by atoms with E-state index in [1.165, 1.54) is 17.8 Å². The van der Waals surface area contributed by atoms with Crippen molar-refractivity contribution in [2.24, 2.45) is 12.8 Å². The highest BCUT2D eigenvalue weighted by Crippen LogP contribution is 1.99. The summed E-state index contributed by atoms with van der Waals surface area (Å²) in [7, 11) is 1.41. The smallest absolute Gasteiger partial charge is 0.330 e. The van der Waals surface area contributed by atoms with Crippen molar-refractivity contribution in [1.29, 1.82) is 0 Å². The first-order valence-corrected chi connectivity index (χ1v) is 7.24. The van der Waals surface area contributed by atoms with Crippen LogP contribution in [-0.4, -0.2) is 21.1 Å². The molecule has 122 valence electrons. The molecule has 0 spiro atoms. The summed E-state index contributed by atoms with van der Waals surface area (Å²) in [5, 5.41) is 3.04. The number of nitrogens with one attached hydrogen (secondary N) is 1. The Hall–Kier alpha value is -2.67. The maximum Gasteiger partial charge on any atom is 0.330 e. The highest BCUT2D eigenvalue weighted by Gasteiger charge is 2.17. The van der Waals surface area contributed by atoms with Gasteiger partial charge < -0.3 is 11.1 Å². The minimum absolute atomic E-state index is 0.0654. The van der Waals surface area contributed by atoms with Crippen molar-refractivity contribution in [1.82, 2.24) is 14.5 Å². The van der Waals surface area contributed by atoms with Crippen LogP contribution in [0.15, 0.2) is 46.1 Å². The van der Waals surface area contributed by atoms with Crippen LogP contribution in [0.5, 0.6) is 0 Å². The summed E-state index contributed by atoms with van der Waals surface area (Å²) < 4.78 is 2.34. The number of carbonyl (C=O) groups excluding carboxylic acids is 1. The average molecular weight is 316 g/mol. The van der Waals surface area contributed by atoms with Crippen LogP contribution >= 0.6 is 0 Å². The molecule has 0 aliphatic rings. The Morgan fingerprint density at radius 2 is 1.91 bits per heavy atom. The van der Waals surface area contributed by atoms with Crippen LogP contribution in [0.4, 0.5) is 0 Å². The molecule has 3 N–H and O–H groups in total. The first-order valence-electron chi connectivity index (χ1n) is 7.24. The summed E-state index contributed by atoms with van der Waals surface area (Å²) in [4.78, 5) is 35.5. The Bertz CT molecular complexity index is 808. The molecule has 7 nitrogen and oxygen atoms in total. The molecule has 1 atom stereocenters. The molecule has 0 unspecified atom stereocenters. The van der Waals surface area contributed by atoms with Crippen molar-refractivity contribution in [3.8, 4) is 0 Å². The summed E-state index contributed by atoms with van der Waals surface area (Å²) in [6.07, 6.45) is 1.45. The molecule has 1 amide bonds. The highest BCUT2D eigenvalue weighted by molar-refractivity contribution is 5.79. The van der Waals surface area contributed by atoms with Gasteiger partial charge in [-0.15, -0.1) is 0 Å². The van der Waals surface area contributed by atoms with Gasteiger partial charge in [0.25, 0.3) is 5.56 Å². The van der Waals surface area contributed by atoms with E-state index in [9.17, 15) is 14.4 Å². The number of benzene rings is 1. The number of aryl methyl sites for hydroxylation is 1. The van der Waals surface area contributed by atoms with Gasteiger partial charge in [0, 0.05) is 25.4 Å². The molecule has 0 aliphatic carbocycles. The Kier molecular flexibility index (Phi) is 5.13. The molecule has 1 aromatic carbocycles. The number of hydrogen-bond acceptors (Lipinski definition) is 4. The lowest BCUT2D eigenvalue weighted by Crippen LogP contribution is -2.48. The Labute approximate surface area is 133 Å². The number of nitrogens with zero attached hydrogens (tertiary/aromatic N) is 2. The van der Waals surface area contributed by atoms with Crippen LogP contribution in [-0.2, 0) is 24.9 Å². The molecular weight excluding hydrogens is 296 g/mol. The van der Waals surface area contributed by atoms with Crippen LogP contribution in [0, 0.1) is 6.92 Å². The fourth-order valence-corrected chi connectivity index (χ4v) is 2.31. The van der Waals surface area contributed by atoms with E-state index < -0.39 is 17.6 Å². The van der Waals surface area contributed by atoms with E-state index in [1.807, 2.05) is 30.3 Å². The van der Waals surface area contributed by atoms with Gasteiger partial charge in [0.15, 0.2) is 0 Å². The molecule has 1 heterocycles. The third-order valence-electron chi connectivity index (χ3n) is 3.64. The standard InChI is InChI=1S/C16H20N4O3/c1-11-9-20(16(23)19(2)15(11)22)10-13(14(17)21)18-8-12-6-4-3-5-7-12/h3-7,9,13,18H,8,10H2,1-2H3,(H2,17,21)/t13-/m1/s1. The number of aromatic nitrogens is 2. The number of amides is 1. The van der Waals surface area contributed by atoms with E-state index in [0.29, 0.717) is 12.1 Å². The Morgan fingerprint density at radius 1 is 1.26 bits per heavy atom. The predicted molar refractivity (Wildman–Crippen MR) is 86.9 cm³/mol. The minimum atomic E-state index is -0.718. The summed E-state index contributed by atoms with van der Waals surface area (Å²) >= 11 is 0. The highest BCUT2D eigenvalue weighted by atomic mass is 16.2. The number of hydrogen-bond donors (Lipinski definition) is 2. The van der Waals surface area contributed by atoms with Crippen LogP contribution in [0.2, 0.25) is 0 Å². The van der Waals surface area contributed by atoms with Crippen molar-refractivity contribution in [2.75, 3.05) is 0 Å². The summed E-state index contributed by atoms with van der Waals surface area (Å²) in [5.74, 6) is -0.556. The Balaban J connectivity index is 2.19. The van der Waals surface area contributed by atoms with Gasteiger partial charge in [0.2, 0.25) is 5.91 Å². The molecule has 0 saturated carbocycles. The van der Waals surface area contributed by atoms with Crippen molar-refractivity contribution in [3.63, 3.8) is 0 Å². The van der Waals surface area contributed by atoms with Crippen molar-refractivity contribution < 1.29 is 4.79 Å². The van der Waals surface area contributed by atoms with Crippen LogP contribution in [0.25, 0.3) is 0 Å². The quantitative estimate of drug-likeness (QED) is 0.750. The van der Waals surface area contributed by atoms with Gasteiger partial charge in [0.05, 0.1) is 6.54 Å². The van der Waals surface area contributed by atoms with Crippen molar-refractivity contribution in [2.45, 2.75) is 26.1 Å². The van der Waals surface area contributed by atoms with Gasteiger partial charge in [-0.05, 0) is 12.5 Å². The van der Waals surface area contributed by atoms with Gasteiger partial charge in [0.1, 0.15) is 6.04 Å². The third kappa shape index (κ3) is 3.95. The number of carbonyl (C=O) groups is 1. The third-order valence-corrected chi connectivity index (χ3v) is 3.64. The number of rotatable bonds is 6. The second kappa shape index (κ2) is 7.06. The fourth-order valence-electron chi connectivity index (χ4n) is 2.31. The zero-order valence-electron chi connectivity index (χ0n) is 13.2. The first-order chi connectivity index (χ1) is 10.9. The molecule has 1 aromatic heterocycles. The lowest BCUT2D eigenvalue weighted by molar-refractivity contribution is -0.120. The average Bonchev–Trinajstić information content (AvgIpc) is 2.54. The fraction of sp³-hybridized carbons (Fsp3) is 0.312. The van der Waals surface area contributed by atoms with Gasteiger partial charge in [-0.1, -0.05) is 30.3 Å².